The van der Waals surface area contributed by atoms with Gasteiger partial charge in [0.15, 0.2) is 0 Å². The van der Waals surface area contributed by atoms with E-state index in [1.807, 2.05) is 6.07 Å². The Balaban J connectivity index is 2.43. The van der Waals surface area contributed by atoms with Crippen LogP contribution in [0.25, 0.3) is 0 Å². The first-order valence-corrected chi connectivity index (χ1v) is 5.08. The van der Waals surface area contributed by atoms with Gasteiger partial charge in [-0.2, -0.15) is 0 Å². The molecule has 2 heteroatoms. The minimum Gasteiger partial charge on any atom is -0.0620 e. The summed E-state index contributed by atoms with van der Waals surface area (Å²) in [5.41, 5.74) is 2.64. The van der Waals surface area contributed by atoms with Crippen LogP contribution in [0.5, 0.6) is 0 Å². The van der Waals surface area contributed by atoms with Gasteiger partial charge in [-0.1, -0.05) is 24.3 Å². The topological polar surface area (TPSA) is 17.1 Å². The summed E-state index contributed by atoms with van der Waals surface area (Å²) in [4.78, 5) is 0. The number of rotatable bonds is 1. The van der Waals surface area contributed by atoms with E-state index in [1.165, 1.54) is 11.1 Å². The van der Waals surface area contributed by atoms with Crippen LogP contribution in [-0.4, -0.2) is 0 Å². The molecule has 2 rings (SSSR count). The number of fused-ring (bicyclic) bond motifs is 1. The highest BCUT2D eigenvalue weighted by Crippen LogP contribution is 2.30. The van der Waals surface area contributed by atoms with E-state index in [1.54, 1.807) is 0 Å². The summed E-state index contributed by atoms with van der Waals surface area (Å²) in [7, 11) is 0. The average Bonchev–Trinajstić information content (AvgIpc) is 2.17. The molecule has 12 heavy (non-hydrogen) atoms. The molecule has 0 fully saturated rings. The van der Waals surface area contributed by atoms with Crippen molar-refractivity contribution >= 4 is 11.7 Å². The Morgan fingerprint density at radius 2 is 2.17 bits per heavy atom. The fraction of sp³-hybridized carbons (Fsp3) is 0.400. The first kappa shape index (κ1) is 7.87. The second-order valence-electron chi connectivity index (χ2n) is 3.18. The molecule has 1 aromatic carbocycles. The van der Waals surface area contributed by atoms with Gasteiger partial charge in [0.25, 0.3) is 5.25 Å². The summed E-state index contributed by atoms with van der Waals surface area (Å²) in [5.74, 6) is 0. The van der Waals surface area contributed by atoms with Crippen molar-refractivity contribution < 1.29 is 4.21 Å². The maximum Gasteiger partial charge on any atom is 0.467 e. The molecule has 0 heterocycles. The minimum absolute atomic E-state index is 0.204. The molecule has 1 aliphatic carbocycles. The van der Waals surface area contributed by atoms with Crippen LogP contribution in [0.2, 0.25) is 0 Å². The lowest BCUT2D eigenvalue weighted by atomic mass is 9.91. The molecular formula is C10H11OS+. The molecule has 0 saturated heterocycles. The second-order valence-corrected chi connectivity index (χ2v) is 3.94. The average molecular weight is 179 g/mol. The normalized spacial score (nSPS) is 21.5. The van der Waals surface area contributed by atoms with Crippen LogP contribution in [0.15, 0.2) is 24.3 Å². The first-order chi connectivity index (χ1) is 5.92. The van der Waals surface area contributed by atoms with Crippen LogP contribution < -0.4 is 0 Å². The fourth-order valence-corrected chi connectivity index (χ4v) is 2.41. The molecule has 0 radical (unpaired) electrons. The Kier molecular flexibility index (Phi) is 2.17. The Labute approximate surface area is 76.3 Å². The lowest BCUT2D eigenvalue weighted by molar-refractivity contribution is 0.585. The summed E-state index contributed by atoms with van der Waals surface area (Å²) in [6.07, 6.45) is 3.36. The van der Waals surface area contributed by atoms with Gasteiger partial charge in [0.2, 0.25) is 0 Å². The smallest absolute Gasteiger partial charge is 0.0620 e. The summed E-state index contributed by atoms with van der Waals surface area (Å²) in [5, 5.41) is 0.204. The van der Waals surface area contributed by atoms with Crippen LogP contribution in [0.3, 0.4) is 0 Å². The quantitative estimate of drug-likeness (QED) is 0.605. The van der Waals surface area contributed by atoms with Gasteiger partial charge in [-0.25, -0.2) is 0 Å². The lowest BCUT2D eigenvalue weighted by Crippen LogP contribution is -2.07. The van der Waals surface area contributed by atoms with Crippen molar-refractivity contribution in [3.05, 3.63) is 35.4 Å². The van der Waals surface area contributed by atoms with Crippen molar-refractivity contribution in [2.75, 3.05) is 0 Å². The maximum absolute atomic E-state index is 10.8. The third-order valence-electron chi connectivity index (χ3n) is 2.43. The zero-order valence-corrected chi connectivity index (χ0v) is 7.64. The number of hydrogen-bond donors (Lipinski definition) is 0. The number of aryl methyl sites for hydroxylation is 1. The van der Waals surface area contributed by atoms with Gasteiger partial charge >= 0.3 is 11.7 Å². The highest BCUT2D eigenvalue weighted by Gasteiger charge is 2.29. The molecule has 0 bridgehead atoms. The van der Waals surface area contributed by atoms with E-state index >= 15 is 0 Å². The number of hydrogen-bond acceptors (Lipinski definition) is 1. The van der Waals surface area contributed by atoms with Crippen molar-refractivity contribution in [1.82, 2.24) is 0 Å². The van der Waals surface area contributed by atoms with Gasteiger partial charge in [-0.3, -0.25) is 0 Å². The SMILES string of the molecule is O=[S+]C1CCCc2ccccc21. The Morgan fingerprint density at radius 3 is 3.00 bits per heavy atom. The summed E-state index contributed by atoms with van der Waals surface area (Å²) in [6, 6.07) is 8.30. The zero-order chi connectivity index (χ0) is 8.39. The van der Waals surface area contributed by atoms with Crippen LogP contribution >= 0.6 is 0 Å². The molecule has 0 saturated carbocycles. The highest BCUT2D eigenvalue weighted by atomic mass is 32.1. The highest BCUT2D eigenvalue weighted by molar-refractivity contribution is 7.65. The van der Waals surface area contributed by atoms with E-state index in [2.05, 4.69) is 18.2 Å². The molecule has 62 valence electrons. The van der Waals surface area contributed by atoms with Crippen molar-refractivity contribution in [2.24, 2.45) is 0 Å². The van der Waals surface area contributed by atoms with Crippen LogP contribution in [-0.2, 0) is 22.3 Å². The van der Waals surface area contributed by atoms with Crippen molar-refractivity contribution in [2.45, 2.75) is 24.5 Å². The van der Waals surface area contributed by atoms with Crippen LogP contribution in [0.1, 0.15) is 29.2 Å². The third-order valence-corrected chi connectivity index (χ3v) is 3.15. The molecule has 0 spiro atoms. The molecule has 0 N–H and O–H groups in total. The van der Waals surface area contributed by atoms with Crippen LogP contribution in [0.4, 0.5) is 0 Å². The van der Waals surface area contributed by atoms with Crippen molar-refractivity contribution in [1.29, 1.82) is 0 Å². The zero-order valence-electron chi connectivity index (χ0n) is 6.82. The summed E-state index contributed by atoms with van der Waals surface area (Å²) in [6.45, 7) is 0. The van der Waals surface area contributed by atoms with E-state index < -0.39 is 0 Å². The lowest BCUT2D eigenvalue weighted by Gasteiger charge is -2.13. The molecule has 0 aliphatic heterocycles. The van der Waals surface area contributed by atoms with Gasteiger partial charge in [0.1, 0.15) is 0 Å². The molecular weight excluding hydrogens is 168 g/mol. The second kappa shape index (κ2) is 3.31. The molecule has 1 aliphatic rings. The van der Waals surface area contributed by atoms with Crippen molar-refractivity contribution in [3.63, 3.8) is 0 Å². The molecule has 1 aromatic rings. The molecule has 0 aromatic heterocycles. The predicted octanol–water partition coefficient (Wildman–Crippen LogP) is 2.49. The fourth-order valence-electron chi connectivity index (χ4n) is 1.81. The van der Waals surface area contributed by atoms with E-state index in [0.29, 0.717) is 0 Å². The predicted molar refractivity (Wildman–Crippen MR) is 50.2 cm³/mol. The summed E-state index contributed by atoms with van der Waals surface area (Å²) >= 11 is 0.738. The van der Waals surface area contributed by atoms with E-state index in [4.69, 9.17) is 0 Å². The third kappa shape index (κ3) is 1.27. The Morgan fingerprint density at radius 1 is 1.33 bits per heavy atom. The van der Waals surface area contributed by atoms with Gasteiger partial charge in [0, 0.05) is 16.2 Å². The molecule has 1 atom stereocenters. The Bertz CT molecular complexity index is 296. The molecule has 1 nitrogen and oxygen atoms in total. The van der Waals surface area contributed by atoms with Gasteiger partial charge in [-0.15, -0.1) is 0 Å². The van der Waals surface area contributed by atoms with Gasteiger partial charge in [0.05, 0.1) is 0 Å². The van der Waals surface area contributed by atoms with Crippen molar-refractivity contribution in [3.8, 4) is 0 Å². The van der Waals surface area contributed by atoms with E-state index in [0.717, 1.165) is 30.9 Å². The summed E-state index contributed by atoms with van der Waals surface area (Å²) < 4.78 is 10.8. The standard InChI is InChI=1S/C10H11OS/c11-12-10-7-3-5-8-4-1-2-6-9(8)10/h1-2,4,6,10H,3,5,7H2/q+1. The number of benzene rings is 1. The van der Waals surface area contributed by atoms with Gasteiger partial charge < -0.3 is 0 Å². The van der Waals surface area contributed by atoms with Crippen LogP contribution in [0, 0.1) is 0 Å². The first-order valence-electron chi connectivity index (χ1n) is 4.28. The molecule has 0 amide bonds. The largest absolute Gasteiger partial charge is 0.467 e. The van der Waals surface area contributed by atoms with E-state index in [9.17, 15) is 4.21 Å². The maximum atomic E-state index is 10.8. The molecule has 1 unspecified atom stereocenters. The monoisotopic (exact) mass is 179 g/mol. The van der Waals surface area contributed by atoms with E-state index in [-0.39, 0.29) is 5.25 Å². The Hall–Kier alpha value is -0.760. The van der Waals surface area contributed by atoms with Gasteiger partial charge in [-0.05, 0) is 18.4 Å². The minimum atomic E-state index is 0.204.